The summed E-state index contributed by atoms with van der Waals surface area (Å²) in [5.41, 5.74) is 0.882. The fraction of sp³-hybridized carbons (Fsp3) is 0.250. The first-order chi connectivity index (χ1) is 13.0. The number of nitrogens with zero attached hydrogens (tertiary/aromatic N) is 2. The Morgan fingerprint density at radius 1 is 1.22 bits per heavy atom. The van der Waals surface area contributed by atoms with Crippen LogP contribution in [0.1, 0.15) is 18.4 Å². The normalized spacial score (nSPS) is 15.1. The average molecular weight is 449 g/mol. The second-order valence-corrected chi connectivity index (χ2v) is 7.69. The fourth-order valence-corrected chi connectivity index (χ4v) is 3.36. The number of hydrogen-bond acceptors (Lipinski definition) is 3. The van der Waals surface area contributed by atoms with Crippen LogP contribution >= 0.6 is 27.5 Å². The van der Waals surface area contributed by atoms with E-state index in [2.05, 4.69) is 26.2 Å². The lowest BCUT2D eigenvalue weighted by atomic mass is 9.96. The molecule has 1 fully saturated rings. The quantitative estimate of drug-likeness (QED) is 0.706. The molecule has 27 heavy (non-hydrogen) atoms. The van der Waals surface area contributed by atoms with Gasteiger partial charge in [0, 0.05) is 40.8 Å². The molecule has 2 aromatic rings. The smallest absolute Gasteiger partial charge is 0.246 e. The van der Waals surface area contributed by atoms with Gasteiger partial charge in [0.1, 0.15) is 5.82 Å². The van der Waals surface area contributed by atoms with Gasteiger partial charge in [-0.05, 0) is 64.7 Å². The molecule has 1 aromatic heterocycles. The van der Waals surface area contributed by atoms with Crippen molar-refractivity contribution in [3.63, 3.8) is 0 Å². The van der Waals surface area contributed by atoms with Gasteiger partial charge in [-0.3, -0.25) is 9.59 Å². The van der Waals surface area contributed by atoms with Gasteiger partial charge in [0.05, 0.1) is 0 Å². The Morgan fingerprint density at radius 3 is 2.67 bits per heavy atom. The molecule has 2 amide bonds. The van der Waals surface area contributed by atoms with E-state index in [-0.39, 0.29) is 17.7 Å². The Hall–Kier alpha value is -2.18. The van der Waals surface area contributed by atoms with Crippen molar-refractivity contribution in [3.8, 4) is 0 Å². The third kappa shape index (κ3) is 5.65. The molecule has 1 N–H and O–H groups in total. The predicted octanol–water partition coefficient (Wildman–Crippen LogP) is 4.39. The van der Waals surface area contributed by atoms with Crippen molar-refractivity contribution in [2.45, 2.75) is 12.8 Å². The number of piperidine rings is 1. The molecular formula is C20H19BrClN3O2. The fourth-order valence-electron chi connectivity index (χ4n) is 2.92. The highest BCUT2D eigenvalue weighted by molar-refractivity contribution is 9.10. The highest BCUT2D eigenvalue weighted by Crippen LogP contribution is 2.20. The van der Waals surface area contributed by atoms with Crippen molar-refractivity contribution in [2.75, 3.05) is 18.4 Å². The zero-order valence-corrected chi connectivity index (χ0v) is 16.9. The van der Waals surface area contributed by atoms with Crippen molar-refractivity contribution < 1.29 is 9.59 Å². The Balaban J connectivity index is 1.49. The number of anilines is 1. The van der Waals surface area contributed by atoms with Crippen LogP contribution in [0, 0.1) is 5.92 Å². The van der Waals surface area contributed by atoms with Gasteiger partial charge < -0.3 is 10.2 Å². The van der Waals surface area contributed by atoms with Crippen LogP contribution in [0.3, 0.4) is 0 Å². The molecule has 1 aliphatic rings. The minimum absolute atomic E-state index is 0.0496. The van der Waals surface area contributed by atoms with Gasteiger partial charge >= 0.3 is 0 Å². The predicted molar refractivity (Wildman–Crippen MR) is 110 cm³/mol. The Kier molecular flexibility index (Phi) is 6.63. The molecule has 3 rings (SSSR count). The maximum atomic E-state index is 12.4. The van der Waals surface area contributed by atoms with Crippen molar-refractivity contribution in [3.05, 3.63) is 63.7 Å². The molecule has 0 aliphatic carbocycles. The van der Waals surface area contributed by atoms with Crippen LogP contribution in [0.15, 0.2) is 53.1 Å². The molecule has 0 spiro atoms. The van der Waals surface area contributed by atoms with Crippen LogP contribution in [0.2, 0.25) is 5.02 Å². The summed E-state index contributed by atoms with van der Waals surface area (Å²) < 4.78 is 0.859. The topological polar surface area (TPSA) is 62.3 Å². The molecular weight excluding hydrogens is 430 g/mol. The average Bonchev–Trinajstić information content (AvgIpc) is 2.68. The molecule has 5 nitrogen and oxygen atoms in total. The number of halogens is 2. The second-order valence-electron chi connectivity index (χ2n) is 6.34. The van der Waals surface area contributed by atoms with Crippen molar-refractivity contribution >= 4 is 51.2 Å². The van der Waals surface area contributed by atoms with Crippen LogP contribution in [0.4, 0.5) is 5.82 Å². The number of pyridine rings is 1. The van der Waals surface area contributed by atoms with Gasteiger partial charge in [-0.15, -0.1) is 0 Å². The first kappa shape index (κ1) is 19.6. The number of hydrogen-bond donors (Lipinski definition) is 1. The lowest BCUT2D eigenvalue weighted by Crippen LogP contribution is -2.40. The van der Waals surface area contributed by atoms with Crippen LogP contribution in [0.5, 0.6) is 0 Å². The van der Waals surface area contributed by atoms with E-state index in [1.807, 2.05) is 18.2 Å². The third-order valence-corrected chi connectivity index (χ3v) is 5.13. The van der Waals surface area contributed by atoms with Gasteiger partial charge in [0.25, 0.3) is 0 Å². The van der Waals surface area contributed by atoms with Crippen molar-refractivity contribution in [1.82, 2.24) is 9.88 Å². The van der Waals surface area contributed by atoms with Gasteiger partial charge in [-0.1, -0.05) is 23.7 Å². The number of carbonyl (C=O) groups is 2. The number of benzene rings is 1. The summed E-state index contributed by atoms with van der Waals surface area (Å²) in [6, 6.07) is 10.9. The van der Waals surface area contributed by atoms with Crippen LogP contribution in [-0.2, 0) is 9.59 Å². The van der Waals surface area contributed by atoms with E-state index >= 15 is 0 Å². The number of carbonyl (C=O) groups excluding carboxylic acids is 2. The molecule has 1 aliphatic heterocycles. The molecule has 0 unspecified atom stereocenters. The summed E-state index contributed by atoms with van der Waals surface area (Å²) in [5, 5.41) is 3.47. The lowest BCUT2D eigenvalue weighted by molar-refractivity contribution is -0.130. The number of aromatic nitrogens is 1. The minimum atomic E-state index is -0.114. The molecule has 1 saturated heterocycles. The SMILES string of the molecule is O=C(Nc1ccc(Br)cn1)C1CCN(C(=O)/C=C/c2cccc(Cl)c2)CC1. The highest BCUT2D eigenvalue weighted by atomic mass is 79.9. The summed E-state index contributed by atoms with van der Waals surface area (Å²) in [6.45, 7) is 1.12. The van der Waals surface area contributed by atoms with E-state index in [4.69, 9.17) is 11.6 Å². The Labute approximate surface area is 171 Å². The largest absolute Gasteiger partial charge is 0.339 e. The van der Waals surface area contributed by atoms with Crippen molar-refractivity contribution in [1.29, 1.82) is 0 Å². The number of nitrogens with one attached hydrogen (secondary N) is 1. The number of likely N-dealkylation sites (tertiary alicyclic amines) is 1. The van der Waals surface area contributed by atoms with E-state index in [0.29, 0.717) is 36.8 Å². The molecule has 7 heteroatoms. The zero-order valence-electron chi connectivity index (χ0n) is 14.6. The van der Waals surface area contributed by atoms with Gasteiger partial charge in [0.15, 0.2) is 0 Å². The van der Waals surface area contributed by atoms with Crippen molar-refractivity contribution in [2.24, 2.45) is 5.92 Å². The van der Waals surface area contributed by atoms with Gasteiger partial charge in [-0.2, -0.15) is 0 Å². The maximum Gasteiger partial charge on any atom is 0.246 e. The second kappa shape index (κ2) is 9.15. The number of amides is 2. The van der Waals surface area contributed by atoms with E-state index in [9.17, 15) is 9.59 Å². The van der Waals surface area contributed by atoms with E-state index in [1.54, 1.807) is 41.4 Å². The lowest BCUT2D eigenvalue weighted by Gasteiger charge is -2.30. The number of rotatable bonds is 4. The monoisotopic (exact) mass is 447 g/mol. The van der Waals surface area contributed by atoms with Gasteiger partial charge in [0.2, 0.25) is 11.8 Å². The first-order valence-corrected chi connectivity index (χ1v) is 9.83. The molecule has 0 radical (unpaired) electrons. The molecule has 2 heterocycles. The summed E-state index contributed by atoms with van der Waals surface area (Å²) in [5.74, 6) is 0.317. The van der Waals surface area contributed by atoms with Crippen LogP contribution in [-0.4, -0.2) is 34.8 Å². The maximum absolute atomic E-state index is 12.4. The summed E-state index contributed by atoms with van der Waals surface area (Å²) in [4.78, 5) is 30.6. The van der Waals surface area contributed by atoms with E-state index in [0.717, 1.165) is 10.0 Å². The van der Waals surface area contributed by atoms with Gasteiger partial charge in [-0.25, -0.2) is 4.98 Å². The summed E-state index contributed by atoms with van der Waals surface area (Å²) in [7, 11) is 0. The molecule has 0 atom stereocenters. The molecule has 140 valence electrons. The zero-order chi connectivity index (χ0) is 19.2. The first-order valence-electron chi connectivity index (χ1n) is 8.66. The minimum Gasteiger partial charge on any atom is -0.339 e. The van der Waals surface area contributed by atoms with E-state index < -0.39 is 0 Å². The molecule has 0 saturated carbocycles. The summed E-state index contributed by atoms with van der Waals surface area (Å²) in [6.07, 6.45) is 6.23. The Bertz CT molecular complexity index is 847. The third-order valence-electron chi connectivity index (χ3n) is 4.42. The standard InChI is InChI=1S/C20H19BrClN3O2/c21-16-5-6-18(23-13-16)24-20(27)15-8-10-25(11-9-15)19(26)7-4-14-2-1-3-17(22)12-14/h1-7,12-13,15H,8-11H2,(H,23,24,27)/b7-4+. The Morgan fingerprint density at radius 2 is 2.00 bits per heavy atom. The summed E-state index contributed by atoms with van der Waals surface area (Å²) >= 11 is 9.26. The molecule has 0 bridgehead atoms. The van der Waals surface area contributed by atoms with Crippen LogP contribution in [0.25, 0.3) is 6.08 Å². The van der Waals surface area contributed by atoms with Crippen LogP contribution < -0.4 is 5.32 Å². The molecule has 1 aromatic carbocycles. The van der Waals surface area contributed by atoms with E-state index in [1.165, 1.54) is 0 Å². The highest BCUT2D eigenvalue weighted by Gasteiger charge is 2.26.